The summed E-state index contributed by atoms with van der Waals surface area (Å²) in [6.07, 6.45) is 2.56. The number of methoxy groups -OCH3 is 1. The molecule has 0 aliphatic carbocycles. The number of hydrogen-bond acceptors (Lipinski definition) is 3. The quantitative estimate of drug-likeness (QED) is 0.645. The molecule has 1 N–H and O–H groups in total. The van der Waals surface area contributed by atoms with Crippen LogP contribution >= 0.6 is 0 Å². The summed E-state index contributed by atoms with van der Waals surface area (Å²) in [4.78, 5) is 11.5. The Morgan fingerprint density at radius 2 is 1.94 bits per heavy atom. The summed E-state index contributed by atoms with van der Waals surface area (Å²) in [5.41, 5.74) is 0.431. The van der Waals surface area contributed by atoms with E-state index in [9.17, 15) is 13.6 Å². The number of ether oxygens (including phenoxy) is 1. The maximum Gasteiger partial charge on any atom is 0.327 e. The largest absolute Gasteiger partial charge is 0.468 e. The Labute approximate surface area is 104 Å². The van der Waals surface area contributed by atoms with Gasteiger partial charge in [0.15, 0.2) is 0 Å². The third-order valence-corrected chi connectivity index (χ3v) is 2.37. The number of alkyl halides is 2. The number of terminal acetylenes is 1. The topological polar surface area (TPSA) is 38.3 Å². The minimum atomic E-state index is -2.53. The zero-order valence-corrected chi connectivity index (χ0v) is 9.82. The molecule has 1 rings (SSSR count). The van der Waals surface area contributed by atoms with E-state index in [4.69, 9.17) is 6.42 Å². The molecule has 0 heterocycles. The Balaban J connectivity index is 2.91. The van der Waals surface area contributed by atoms with E-state index in [2.05, 4.69) is 16.0 Å². The zero-order chi connectivity index (χ0) is 13.5. The van der Waals surface area contributed by atoms with Crippen molar-refractivity contribution in [2.45, 2.75) is 12.5 Å². The van der Waals surface area contributed by atoms with E-state index >= 15 is 0 Å². The van der Waals surface area contributed by atoms with Gasteiger partial charge in [-0.3, -0.25) is 5.32 Å². The number of esters is 1. The van der Waals surface area contributed by atoms with Crippen LogP contribution < -0.4 is 5.32 Å². The third kappa shape index (κ3) is 3.54. The highest BCUT2D eigenvalue weighted by Crippen LogP contribution is 2.21. The standard InChI is InChI=1S/C13H13F2NO2/c1-3-8-16-11(13(17)18-2)9-4-6-10(7-5-9)12(14)15/h1,4-7,11-12,16H,8H2,2H3. The van der Waals surface area contributed by atoms with Crippen LogP contribution in [0.4, 0.5) is 8.78 Å². The van der Waals surface area contributed by atoms with Gasteiger partial charge in [-0.15, -0.1) is 6.42 Å². The number of hydrogen-bond donors (Lipinski definition) is 1. The van der Waals surface area contributed by atoms with Crippen LogP contribution in [-0.2, 0) is 9.53 Å². The Kier molecular flexibility index (Phi) is 5.28. The van der Waals surface area contributed by atoms with Crippen molar-refractivity contribution in [1.29, 1.82) is 0 Å². The molecule has 0 radical (unpaired) electrons. The molecule has 1 atom stereocenters. The van der Waals surface area contributed by atoms with Gasteiger partial charge in [0.1, 0.15) is 6.04 Å². The fraction of sp³-hybridized carbons (Fsp3) is 0.308. The summed E-state index contributed by atoms with van der Waals surface area (Å²) in [5, 5.41) is 2.79. The molecule has 1 unspecified atom stereocenters. The first kappa shape index (κ1) is 14.1. The average molecular weight is 253 g/mol. The van der Waals surface area contributed by atoms with E-state index < -0.39 is 18.4 Å². The lowest BCUT2D eigenvalue weighted by Gasteiger charge is -2.15. The van der Waals surface area contributed by atoms with Crippen molar-refractivity contribution in [2.75, 3.05) is 13.7 Å². The van der Waals surface area contributed by atoms with Crippen molar-refractivity contribution in [1.82, 2.24) is 5.32 Å². The van der Waals surface area contributed by atoms with E-state index in [-0.39, 0.29) is 12.1 Å². The monoisotopic (exact) mass is 253 g/mol. The van der Waals surface area contributed by atoms with Crippen molar-refractivity contribution in [3.63, 3.8) is 0 Å². The maximum absolute atomic E-state index is 12.4. The van der Waals surface area contributed by atoms with Crippen LogP contribution in [0.25, 0.3) is 0 Å². The first-order chi connectivity index (χ1) is 8.60. The first-order valence-corrected chi connectivity index (χ1v) is 5.22. The second-order valence-electron chi connectivity index (χ2n) is 3.51. The molecule has 0 saturated heterocycles. The minimum absolute atomic E-state index is 0.0979. The smallest absolute Gasteiger partial charge is 0.327 e. The summed E-state index contributed by atoms with van der Waals surface area (Å²) in [7, 11) is 1.25. The molecule has 96 valence electrons. The predicted molar refractivity (Wildman–Crippen MR) is 63.0 cm³/mol. The van der Waals surface area contributed by atoms with Gasteiger partial charge in [-0.05, 0) is 5.56 Å². The van der Waals surface area contributed by atoms with E-state index in [0.29, 0.717) is 5.56 Å². The van der Waals surface area contributed by atoms with Crippen LogP contribution in [0.2, 0.25) is 0 Å². The third-order valence-electron chi connectivity index (χ3n) is 2.37. The Hall–Kier alpha value is -1.93. The molecule has 0 aliphatic heterocycles. The second-order valence-corrected chi connectivity index (χ2v) is 3.51. The maximum atomic E-state index is 12.4. The number of carbonyl (C=O) groups excluding carboxylic acids is 1. The highest BCUT2D eigenvalue weighted by atomic mass is 19.3. The SMILES string of the molecule is C#CCNC(C(=O)OC)c1ccc(C(F)F)cc1. The lowest BCUT2D eigenvalue weighted by atomic mass is 10.0. The Morgan fingerprint density at radius 1 is 1.39 bits per heavy atom. The van der Waals surface area contributed by atoms with Gasteiger partial charge in [0, 0.05) is 5.56 Å². The molecule has 0 bridgehead atoms. The van der Waals surface area contributed by atoms with Crippen LogP contribution in [0, 0.1) is 12.3 Å². The molecular formula is C13H13F2NO2. The molecule has 1 aromatic carbocycles. The van der Waals surface area contributed by atoms with Crippen molar-refractivity contribution < 1.29 is 18.3 Å². The first-order valence-electron chi connectivity index (χ1n) is 5.22. The van der Waals surface area contributed by atoms with Crippen LogP contribution in [0.1, 0.15) is 23.6 Å². The van der Waals surface area contributed by atoms with Gasteiger partial charge in [0.05, 0.1) is 13.7 Å². The number of nitrogens with one attached hydrogen (secondary N) is 1. The molecule has 0 aromatic heterocycles. The number of halogens is 2. The van der Waals surface area contributed by atoms with Gasteiger partial charge in [-0.1, -0.05) is 30.2 Å². The highest BCUT2D eigenvalue weighted by molar-refractivity contribution is 5.77. The highest BCUT2D eigenvalue weighted by Gasteiger charge is 2.20. The molecule has 5 heteroatoms. The lowest BCUT2D eigenvalue weighted by Crippen LogP contribution is -2.29. The molecule has 0 amide bonds. The minimum Gasteiger partial charge on any atom is -0.468 e. The fourth-order valence-electron chi connectivity index (χ4n) is 1.45. The van der Waals surface area contributed by atoms with Gasteiger partial charge < -0.3 is 4.74 Å². The van der Waals surface area contributed by atoms with E-state index in [0.717, 1.165) is 0 Å². The van der Waals surface area contributed by atoms with Crippen LogP contribution in [0.15, 0.2) is 24.3 Å². The molecule has 0 spiro atoms. The average Bonchev–Trinajstić information content (AvgIpc) is 2.39. The van der Waals surface area contributed by atoms with Gasteiger partial charge in [0.25, 0.3) is 6.43 Å². The number of benzene rings is 1. The molecule has 0 fully saturated rings. The molecule has 3 nitrogen and oxygen atoms in total. The number of rotatable bonds is 5. The van der Waals surface area contributed by atoms with E-state index in [1.807, 2.05) is 0 Å². The summed E-state index contributed by atoms with van der Waals surface area (Å²) in [6, 6.07) is 4.69. The second kappa shape index (κ2) is 6.72. The predicted octanol–water partition coefficient (Wildman–Crippen LogP) is 2.06. The summed E-state index contributed by atoms with van der Waals surface area (Å²) in [6.45, 7) is 0.177. The Bertz CT molecular complexity index is 437. The van der Waals surface area contributed by atoms with Crippen molar-refractivity contribution in [3.8, 4) is 12.3 Å². The van der Waals surface area contributed by atoms with Gasteiger partial charge >= 0.3 is 5.97 Å². The zero-order valence-electron chi connectivity index (χ0n) is 9.82. The molecule has 0 saturated carbocycles. The van der Waals surface area contributed by atoms with Gasteiger partial charge in [0.2, 0.25) is 0 Å². The summed E-state index contributed by atoms with van der Waals surface area (Å²) < 4.78 is 29.4. The fourth-order valence-corrected chi connectivity index (χ4v) is 1.45. The van der Waals surface area contributed by atoms with Crippen molar-refractivity contribution >= 4 is 5.97 Å². The number of carbonyl (C=O) groups is 1. The molecular weight excluding hydrogens is 240 g/mol. The molecule has 1 aromatic rings. The normalized spacial score (nSPS) is 11.9. The molecule has 18 heavy (non-hydrogen) atoms. The lowest BCUT2D eigenvalue weighted by molar-refractivity contribution is -0.143. The summed E-state index contributed by atoms with van der Waals surface area (Å²) >= 11 is 0. The molecule has 0 aliphatic rings. The van der Waals surface area contributed by atoms with Crippen LogP contribution in [0.3, 0.4) is 0 Å². The Morgan fingerprint density at radius 3 is 2.39 bits per heavy atom. The van der Waals surface area contributed by atoms with Crippen molar-refractivity contribution in [2.24, 2.45) is 0 Å². The van der Waals surface area contributed by atoms with Crippen LogP contribution in [0.5, 0.6) is 0 Å². The van der Waals surface area contributed by atoms with Gasteiger partial charge in [-0.2, -0.15) is 0 Å². The summed E-state index contributed by atoms with van der Waals surface area (Å²) in [5.74, 6) is 1.82. The van der Waals surface area contributed by atoms with E-state index in [1.54, 1.807) is 0 Å². The van der Waals surface area contributed by atoms with Crippen LogP contribution in [-0.4, -0.2) is 19.6 Å². The van der Waals surface area contributed by atoms with E-state index in [1.165, 1.54) is 31.4 Å². The van der Waals surface area contributed by atoms with Crippen molar-refractivity contribution in [3.05, 3.63) is 35.4 Å². The van der Waals surface area contributed by atoms with Gasteiger partial charge in [-0.25, -0.2) is 13.6 Å².